The molecule has 3 nitrogen and oxygen atoms in total. The second-order valence-corrected chi connectivity index (χ2v) is 4.95. The fraction of sp³-hybridized carbons (Fsp3) is 1.00. The fourth-order valence-corrected chi connectivity index (χ4v) is 2.47. The summed E-state index contributed by atoms with van der Waals surface area (Å²) in [4.78, 5) is 0. The number of ether oxygens (including phenoxy) is 1. The molecule has 1 aliphatic heterocycles. The number of aliphatic hydroxyl groups excluding tert-OH is 1. The molecule has 0 bridgehead atoms. The van der Waals surface area contributed by atoms with Crippen LogP contribution in [0.4, 0.5) is 0 Å². The van der Waals surface area contributed by atoms with Crippen molar-refractivity contribution in [3.63, 3.8) is 0 Å². The van der Waals surface area contributed by atoms with Crippen molar-refractivity contribution >= 4 is 0 Å². The van der Waals surface area contributed by atoms with Crippen LogP contribution in [0.3, 0.4) is 0 Å². The van der Waals surface area contributed by atoms with E-state index in [1.165, 1.54) is 0 Å². The summed E-state index contributed by atoms with van der Waals surface area (Å²) in [7, 11) is 0. The maximum atomic E-state index is 10.0. The average molecular weight is 229 g/mol. The van der Waals surface area contributed by atoms with Crippen molar-refractivity contribution in [2.75, 3.05) is 13.2 Å². The van der Waals surface area contributed by atoms with E-state index in [1.54, 1.807) is 0 Å². The number of hydrogen-bond acceptors (Lipinski definition) is 3. The molecule has 1 heterocycles. The zero-order chi connectivity index (χ0) is 12.0. The lowest BCUT2D eigenvalue weighted by Gasteiger charge is -2.30. The van der Waals surface area contributed by atoms with Crippen molar-refractivity contribution in [3.8, 4) is 0 Å². The molecule has 0 aromatic rings. The van der Waals surface area contributed by atoms with Crippen LogP contribution < -0.4 is 5.32 Å². The van der Waals surface area contributed by atoms with Crippen LogP contribution in [-0.4, -0.2) is 36.5 Å². The zero-order valence-electron chi connectivity index (χ0n) is 10.9. The first kappa shape index (κ1) is 13.9. The van der Waals surface area contributed by atoms with E-state index >= 15 is 0 Å². The van der Waals surface area contributed by atoms with Gasteiger partial charge in [-0.1, -0.05) is 26.7 Å². The molecule has 0 aliphatic carbocycles. The van der Waals surface area contributed by atoms with Crippen molar-refractivity contribution in [2.45, 2.75) is 64.7 Å². The van der Waals surface area contributed by atoms with Crippen LogP contribution in [0, 0.1) is 5.92 Å². The maximum absolute atomic E-state index is 10.0. The van der Waals surface area contributed by atoms with Gasteiger partial charge in [-0.15, -0.1) is 0 Å². The summed E-state index contributed by atoms with van der Waals surface area (Å²) >= 11 is 0. The Labute approximate surface area is 99.6 Å². The van der Waals surface area contributed by atoms with E-state index in [9.17, 15) is 5.11 Å². The molecular weight excluding hydrogens is 202 g/mol. The molecule has 96 valence electrons. The van der Waals surface area contributed by atoms with Gasteiger partial charge in [0.15, 0.2) is 0 Å². The largest absolute Gasteiger partial charge is 0.392 e. The van der Waals surface area contributed by atoms with Gasteiger partial charge in [0.2, 0.25) is 0 Å². The zero-order valence-corrected chi connectivity index (χ0v) is 10.9. The Hall–Kier alpha value is -0.120. The molecule has 3 heteroatoms. The first-order chi connectivity index (χ1) is 7.67. The van der Waals surface area contributed by atoms with Crippen LogP contribution in [0.15, 0.2) is 0 Å². The van der Waals surface area contributed by atoms with E-state index in [0.29, 0.717) is 18.1 Å². The molecule has 1 fully saturated rings. The molecule has 0 saturated carbocycles. The predicted molar refractivity (Wildman–Crippen MR) is 66.5 cm³/mol. The van der Waals surface area contributed by atoms with E-state index in [2.05, 4.69) is 26.1 Å². The van der Waals surface area contributed by atoms with Crippen LogP contribution in [0.1, 0.15) is 46.5 Å². The van der Waals surface area contributed by atoms with Crippen molar-refractivity contribution < 1.29 is 9.84 Å². The third kappa shape index (κ3) is 4.40. The average Bonchev–Trinajstić information content (AvgIpc) is 2.28. The quantitative estimate of drug-likeness (QED) is 0.731. The van der Waals surface area contributed by atoms with Gasteiger partial charge in [-0.05, 0) is 25.7 Å². The van der Waals surface area contributed by atoms with Gasteiger partial charge in [-0.3, -0.25) is 0 Å². The maximum Gasteiger partial charge on any atom is 0.0692 e. The van der Waals surface area contributed by atoms with Gasteiger partial charge in [0.25, 0.3) is 0 Å². The van der Waals surface area contributed by atoms with Crippen molar-refractivity contribution in [3.05, 3.63) is 0 Å². The number of aliphatic hydroxyl groups is 1. The molecule has 3 atom stereocenters. The van der Waals surface area contributed by atoms with Crippen molar-refractivity contribution in [1.29, 1.82) is 0 Å². The summed E-state index contributed by atoms with van der Waals surface area (Å²) in [6.07, 6.45) is 4.41. The van der Waals surface area contributed by atoms with Crippen LogP contribution in [-0.2, 0) is 4.74 Å². The third-order valence-corrected chi connectivity index (χ3v) is 3.69. The van der Waals surface area contributed by atoms with Gasteiger partial charge in [0, 0.05) is 19.2 Å². The Bertz CT molecular complexity index is 181. The first-order valence-corrected chi connectivity index (χ1v) is 6.70. The lowest BCUT2D eigenvalue weighted by Crippen LogP contribution is -2.43. The van der Waals surface area contributed by atoms with Gasteiger partial charge in [0.1, 0.15) is 0 Å². The Morgan fingerprint density at radius 2 is 2.06 bits per heavy atom. The Balaban J connectivity index is 2.22. The lowest BCUT2D eigenvalue weighted by molar-refractivity contribution is 0.00885. The summed E-state index contributed by atoms with van der Waals surface area (Å²) in [5, 5.41) is 13.5. The standard InChI is InChI=1S/C13H27NO2/c1-4-11(5-2)13(15)9-14-12-6-7-16-10(3)8-12/h10-15H,4-9H2,1-3H3. The minimum Gasteiger partial charge on any atom is -0.392 e. The highest BCUT2D eigenvalue weighted by molar-refractivity contribution is 4.77. The lowest BCUT2D eigenvalue weighted by atomic mass is 9.96. The topological polar surface area (TPSA) is 41.5 Å². The van der Waals surface area contributed by atoms with Gasteiger partial charge >= 0.3 is 0 Å². The highest BCUT2D eigenvalue weighted by Crippen LogP contribution is 2.15. The third-order valence-electron chi connectivity index (χ3n) is 3.69. The molecule has 1 aliphatic rings. The van der Waals surface area contributed by atoms with E-state index < -0.39 is 0 Å². The summed E-state index contributed by atoms with van der Waals surface area (Å²) in [5.74, 6) is 0.435. The van der Waals surface area contributed by atoms with Gasteiger partial charge < -0.3 is 15.2 Å². The number of hydrogen-bond donors (Lipinski definition) is 2. The molecule has 0 aromatic carbocycles. The molecule has 2 N–H and O–H groups in total. The summed E-state index contributed by atoms with van der Waals surface area (Å²) in [5.41, 5.74) is 0. The van der Waals surface area contributed by atoms with E-state index in [-0.39, 0.29) is 6.10 Å². The van der Waals surface area contributed by atoms with Crippen LogP contribution in [0.25, 0.3) is 0 Å². The molecule has 0 aromatic heterocycles. The van der Waals surface area contributed by atoms with Gasteiger partial charge in [0.05, 0.1) is 12.2 Å². The Kier molecular flexibility index (Phi) is 6.32. The summed E-state index contributed by atoms with van der Waals surface area (Å²) < 4.78 is 5.50. The predicted octanol–water partition coefficient (Wildman–Crippen LogP) is 1.94. The summed E-state index contributed by atoms with van der Waals surface area (Å²) in [6, 6.07) is 0.521. The molecular formula is C13H27NO2. The molecule has 1 rings (SSSR count). The SMILES string of the molecule is CCC(CC)C(O)CNC1CCOC(C)C1. The molecule has 3 unspecified atom stereocenters. The highest BCUT2D eigenvalue weighted by atomic mass is 16.5. The van der Waals surface area contributed by atoms with E-state index in [4.69, 9.17) is 4.74 Å². The van der Waals surface area contributed by atoms with Gasteiger partial charge in [-0.25, -0.2) is 0 Å². The first-order valence-electron chi connectivity index (χ1n) is 6.70. The van der Waals surface area contributed by atoms with Crippen LogP contribution in [0.5, 0.6) is 0 Å². The van der Waals surface area contributed by atoms with E-state index in [1.807, 2.05) is 0 Å². The second kappa shape index (κ2) is 7.25. The Morgan fingerprint density at radius 3 is 2.62 bits per heavy atom. The summed E-state index contributed by atoms with van der Waals surface area (Å²) in [6.45, 7) is 7.98. The normalized spacial score (nSPS) is 28.3. The highest BCUT2D eigenvalue weighted by Gasteiger charge is 2.21. The smallest absolute Gasteiger partial charge is 0.0692 e. The van der Waals surface area contributed by atoms with Gasteiger partial charge in [-0.2, -0.15) is 0 Å². The van der Waals surface area contributed by atoms with E-state index in [0.717, 1.165) is 38.8 Å². The molecule has 16 heavy (non-hydrogen) atoms. The van der Waals surface area contributed by atoms with Crippen LogP contribution in [0.2, 0.25) is 0 Å². The van der Waals surface area contributed by atoms with Crippen molar-refractivity contribution in [1.82, 2.24) is 5.32 Å². The molecule has 0 spiro atoms. The number of rotatable bonds is 6. The Morgan fingerprint density at radius 1 is 1.38 bits per heavy atom. The molecule has 1 saturated heterocycles. The molecule has 0 amide bonds. The minimum atomic E-state index is -0.201. The number of nitrogens with one attached hydrogen (secondary N) is 1. The van der Waals surface area contributed by atoms with Crippen LogP contribution >= 0.6 is 0 Å². The monoisotopic (exact) mass is 229 g/mol. The second-order valence-electron chi connectivity index (χ2n) is 4.95. The molecule has 0 radical (unpaired) electrons. The van der Waals surface area contributed by atoms with Crippen molar-refractivity contribution in [2.24, 2.45) is 5.92 Å². The minimum absolute atomic E-state index is 0.201. The fourth-order valence-electron chi connectivity index (χ4n) is 2.47.